The van der Waals surface area contributed by atoms with E-state index in [-0.39, 0.29) is 63.4 Å². The second-order valence-electron chi connectivity index (χ2n) is 9.22. The monoisotopic (exact) mass is 543 g/mol. The number of hydrogen-bond acceptors (Lipinski definition) is 8. The zero-order valence-electron chi connectivity index (χ0n) is 21.8. The van der Waals surface area contributed by atoms with Gasteiger partial charge in [0.1, 0.15) is 18.1 Å². The van der Waals surface area contributed by atoms with Crippen LogP contribution < -0.4 is 44.6 Å². The SMILES string of the molecule is CC(C)CC(NC(=O)C(N)CCC(N)=O)C(=O)NC(CCCN=C(N)N)C(=O)NC(CCC(N)=O)C(=O)O. The molecule has 14 N–H and O–H groups in total. The molecular weight excluding hydrogens is 502 g/mol. The highest BCUT2D eigenvalue weighted by Crippen LogP contribution is 2.09. The summed E-state index contributed by atoms with van der Waals surface area (Å²) in [5, 5.41) is 16.8. The third-order valence-corrected chi connectivity index (χ3v) is 5.25. The van der Waals surface area contributed by atoms with Crippen LogP contribution in [-0.4, -0.2) is 77.3 Å². The van der Waals surface area contributed by atoms with E-state index in [0.29, 0.717) is 0 Å². The number of carboxylic acid groups (broad SMARTS) is 1. The van der Waals surface area contributed by atoms with Gasteiger partial charge in [0.25, 0.3) is 0 Å². The fourth-order valence-corrected chi connectivity index (χ4v) is 3.27. The summed E-state index contributed by atoms with van der Waals surface area (Å²) in [4.78, 5) is 76.0. The van der Waals surface area contributed by atoms with Crippen molar-refractivity contribution < 1.29 is 33.9 Å². The molecule has 38 heavy (non-hydrogen) atoms. The van der Waals surface area contributed by atoms with Crippen molar-refractivity contribution in [3.8, 4) is 0 Å². The standard InChI is InChI=1S/C22H41N9O7/c1-11(2)10-15(31-18(34)12(23)5-7-16(24)32)20(36)29-13(4-3-9-28-22(26)27)19(35)30-14(21(37)38)6-8-17(25)33/h11-15H,3-10,23H2,1-2H3,(H2,24,32)(H2,25,33)(H,29,36)(H,30,35)(H,31,34)(H,37,38)(H4,26,27,28). The Kier molecular flexibility index (Phi) is 15.7. The van der Waals surface area contributed by atoms with Gasteiger partial charge in [-0.1, -0.05) is 13.8 Å². The number of guanidine groups is 1. The predicted molar refractivity (Wildman–Crippen MR) is 138 cm³/mol. The fourth-order valence-electron chi connectivity index (χ4n) is 3.27. The molecule has 0 spiro atoms. The molecule has 0 aromatic carbocycles. The number of hydrogen-bond donors (Lipinski definition) is 9. The Labute approximate surface area is 220 Å². The molecule has 16 nitrogen and oxygen atoms in total. The Hall–Kier alpha value is -3.95. The Balaban J connectivity index is 5.65. The molecule has 0 aliphatic carbocycles. The topological polar surface area (TPSA) is 301 Å². The van der Waals surface area contributed by atoms with E-state index in [9.17, 15) is 33.9 Å². The van der Waals surface area contributed by atoms with Gasteiger partial charge in [-0.05, 0) is 38.0 Å². The van der Waals surface area contributed by atoms with E-state index >= 15 is 0 Å². The van der Waals surface area contributed by atoms with Crippen molar-refractivity contribution in [2.24, 2.45) is 39.6 Å². The molecule has 0 bridgehead atoms. The lowest BCUT2D eigenvalue weighted by Gasteiger charge is -2.26. The van der Waals surface area contributed by atoms with Gasteiger partial charge in [-0.3, -0.25) is 29.0 Å². The molecule has 4 atom stereocenters. The first-order chi connectivity index (χ1) is 17.6. The third-order valence-electron chi connectivity index (χ3n) is 5.25. The number of aliphatic imine (C=N–C) groups is 1. The summed E-state index contributed by atoms with van der Waals surface area (Å²) >= 11 is 0. The lowest BCUT2D eigenvalue weighted by atomic mass is 10.0. The average Bonchev–Trinajstić information content (AvgIpc) is 2.80. The molecule has 0 saturated heterocycles. The largest absolute Gasteiger partial charge is 0.480 e. The van der Waals surface area contributed by atoms with Crippen molar-refractivity contribution in [1.82, 2.24) is 16.0 Å². The molecule has 5 amide bonds. The van der Waals surface area contributed by atoms with Crippen LogP contribution in [0.3, 0.4) is 0 Å². The van der Waals surface area contributed by atoms with Gasteiger partial charge in [-0.25, -0.2) is 4.79 Å². The molecule has 0 aromatic heterocycles. The highest BCUT2D eigenvalue weighted by atomic mass is 16.4. The minimum absolute atomic E-state index is 0.0190. The van der Waals surface area contributed by atoms with Crippen LogP contribution in [0.2, 0.25) is 0 Å². The second kappa shape index (κ2) is 17.5. The number of carbonyl (C=O) groups excluding carboxylic acids is 5. The normalized spacial score (nSPS) is 13.9. The third kappa shape index (κ3) is 15.2. The summed E-state index contributed by atoms with van der Waals surface area (Å²) in [7, 11) is 0. The van der Waals surface area contributed by atoms with Crippen LogP contribution in [0.1, 0.15) is 58.8 Å². The van der Waals surface area contributed by atoms with Gasteiger partial charge >= 0.3 is 5.97 Å². The molecule has 0 rings (SSSR count). The molecule has 0 aliphatic heterocycles. The highest BCUT2D eigenvalue weighted by molar-refractivity contribution is 5.94. The molecule has 216 valence electrons. The first-order valence-electron chi connectivity index (χ1n) is 12.1. The van der Waals surface area contributed by atoms with Crippen molar-refractivity contribution in [2.45, 2.75) is 83.0 Å². The van der Waals surface area contributed by atoms with E-state index < -0.39 is 59.7 Å². The number of nitrogens with two attached hydrogens (primary N) is 5. The summed E-state index contributed by atoms with van der Waals surface area (Å²) in [6.07, 6.45) is -0.203. The van der Waals surface area contributed by atoms with E-state index in [1.54, 1.807) is 0 Å². The van der Waals surface area contributed by atoms with Gasteiger partial charge in [-0.2, -0.15) is 0 Å². The Morgan fingerprint density at radius 2 is 1.24 bits per heavy atom. The van der Waals surface area contributed by atoms with E-state index in [1.165, 1.54) is 0 Å². The minimum atomic E-state index is -1.43. The number of carboxylic acids is 1. The Morgan fingerprint density at radius 3 is 1.74 bits per heavy atom. The van der Waals surface area contributed by atoms with Crippen LogP contribution >= 0.6 is 0 Å². The lowest BCUT2D eigenvalue weighted by Crippen LogP contribution is -2.57. The maximum atomic E-state index is 13.1. The Bertz CT molecular complexity index is 875. The zero-order chi connectivity index (χ0) is 29.4. The maximum Gasteiger partial charge on any atom is 0.326 e. The van der Waals surface area contributed by atoms with Crippen LogP contribution in [0.25, 0.3) is 0 Å². The van der Waals surface area contributed by atoms with Crippen molar-refractivity contribution in [1.29, 1.82) is 0 Å². The second-order valence-corrected chi connectivity index (χ2v) is 9.22. The molecule has 0 heterocycles. The van der Waals surface area contributed by atoms with Crippen molar-refractivity contribution in [3.63, 3.8) is 0 Å². The van der Waals surface area contributed by atoms with Crippen LogP contribution in [0.5, 0.6) is 0 Å². The van der Waals surface area contributed by atoms with E-state index in [1.807, 2.05) is 13.8 Å². The fraction of sp³-hybridized carbons (Fsp3) is 0.682. The van der Waals surface area contributed by atoms with Crippen LogP contribution in [0.4, 0.5) is 0 Å². The van der Waals surface area contributed by atoms with Gasteiger partial charge in [0, 0.05) is 19.4 Å². The summed E-state index contributed by atoms with van der Waals surface area (Å²) in [5.74, 6) is -5.19. The summed E-state index contributed by atoms with van der Waals surface area (Å²) in [6.45, 7) is 3.76. The molecule has 4 unspecified atom stereocenters. The van der Waals surface area contributed by atoms with E-state index in [0.717, 1.165) is 0 Å². The number of carbonyl (C=O) groups is 6. The van der Waals surface area contributed by atoms with Crippen molar-refractivity contribution in [2.75, 3.05) is 6.54 Å². The molecular formula is C22H41N9O7. The summed E-state index contributed by atoms with van der Waals surface area (Å²) in [5.41, 5.74) is 26.6. The summed E-state index contributed by atoms with van der Waals surface area (Å²) in [6, 6.07) is -4.82. The quantitative estimate of drug-likeness (QED) is 0.0439. The first-order valence-corrected chi connectivity index (χ1v) is 12.1. The molecule has 16 heteroatoms. The van der Waals surface area contributed by atoms with Crippen LogP contribution in [0, 0.1) is 5.92 Å². The van der Waals surface area contributed by atoms with E-state index in [2.05, 4.69) is 20.9 Å². The predicted octanol–water partition coefficient (Wildman–Crippen LogP) is -3.52. The first kappa shape index (κ1) is 34.0. The molecule has 0 aromatic rings. The van der Waals surface area contributed by atoms with Crippen LogP contribution in [0.15, 0.2) is 4.99 Å². The van der Waals surface area contributed by atoms with Crippen molar-refractivity contribution in [3.05, 3.63) is 0 Å². The molecule has 0 saturated carbocycles. The van der Waals surface area contributed by atoms with Gasteiger partial charge in [0.15, 0.2) is 5.96 Å². The number of amides is 5. The maximum absolute atomic E-state index is 13.1. The number of nitrogens with one attached hydrogen (secondary N) is 3. The van der Waals surface area contributed by atoms with Gasteiger partial charge in [0.2, 0.25) is 29.5 Å². The van der Waals surface area contributed by atoms with Crippen LogP contribution in [-0.2, 0) is 28.8 Å². The van der Waals surface area contributed by atoms with Crippen molar-refractivity contribution >= 4 is 41.5 Å². The number of primary amides is 2. The Morgan fingerprint density at radius 1 is 0.737 bits per heavy atom. The lowest BCUT2D eigenvalue weighted by molar-refractivity contribution is -0.142. The van der Waals surface area contributed by atoms with Gasteiger partial charge in [-0.15, -0.1) is 0 Å². The van der Waals surface area contributed by atoms with Gasteiger partial charge in [0.05, 0.1) is 6.04 Å². The summed E-state index contributed by atoms with van der Waals surface area (Å²) < 4.78 is 0. The zero-order valence-corrected chi connectivity index (χ0v) is 21.8. The minimum Gasteiger partial charge on any atom is -0.480 e. The molecule has 0 radical (unpaired) electrons. The molecule has 0 aliphatic rings. The van der Waals surface area contributed by atoms with Gasteiger partial charge < -0.3 is 49.7 Å². The van der Waals surface area contributed by atoms with E-state index in [4.69, 9.17) is 28.7 Å². The average molecular weight is 544 g/mol. The number of nitrogens with zero attached hydrogens (tertiary/aromatic N) is 1. The molecule has 0 fully saturated rings. The highest BCUT2D eigenvalue weighted by Gasteiger charge is 2.30. The number of aliphatic carboxylic acids is 1. The number of rotatable bonds is 19. The smallest absolute Gasteiger partial charge is 0.326 e.